The molecule has 1 unspecified atom stereocenters. The van der Waals surface area contributed by atoms with Gasteiger partial charge in [-0.15, -0.1) is 10.2 Å². The normalized spacial score (nSPS) is 15.7. The number of halogens is 3. The number of thioether (sulfide) groups is 1. The number of hydrogen-bond acceptors (Lipinski definition) is 5. The Hall–Kier alpha value is -2.32. The third-order valence-corrected chi connectivity index (χ3v) is 6.69. The lowest BCUT2D eigenvalue weighted by atomic mass is 10.1. The molecule has 10 heteroatoms. The molecule has 0 saturated heterocycles. The van der Waals surface area contributed by atoms with Gasteiger partial charge in [-0.25, -0.2) is 0 Å². The second-order valence-electron chi connectivity index (χ2n) is 6.67. The molecule has 150 valence electrons. The minimum Gasteiger partial charge on any atom is -0.274 e. The van der Waals surface area contributed by atoms with E-state index in [1.807, 2.05) is 42.5 Å². The van der Waals surface area contributed by atoms with Crippen molar-refractivity contribution in [1.82, 2.24) is 25.1 Å². The summed E-state index contributed by atoms with van der Waals surface area (Å²) in [6.07, 6.45) is 0. The number of rotatable bonds is 3. The van der Waals surface area contributed by atoms with Crippen LogP contribution in [0.4, 0.5) is 0 Å². The molecule has 30 heavy (non-hydrogen) atoms. The SMILES string of the molecule is CC1Sc2nnc(-c3cc(-c4ccc(Cl)cc4)n[nH]3)n2N=C1c1ccc(Cl)c(Cl)c1. The van der Waals surface area contributed by atoms with Crippen LogP contribution < -0.4 is 0 Å². The van der Waals surface area contributed by atoms with Crippen LogP contribution in [0.25, 0.3) is 22.8 Å². The van der Waals surface area contributed by atoms with Crippen LogP contribution in [0.3, 0.4) is 0 Å². The average Bonchev–Trinajstić information content (AvgIpc) is 3.37. The van der Waals surface area contributed by atoms with E-state index < -0.39 is 0 Å². The van der Waals surface area contributed by atoms with Crippen molar-refractivity contribution in [3.05, 3.63) is 69.2 Å². The number of nitrogens with one attached hydrogen (secondary N) is 1. The van der Waals surface area contributed by atoms with Gasteiger partial charge in [-0.05, 0) is 37.3 Å². The minimum atomic E-state index is 0.0817. The summed E-state index contributed by atoms with van der Waals surface area (Å²) in [6.45, 7) is 2.07. The van der Waals surface area contributed by atoms with E-state index in [9.17, 15) is 0 Å². The second kappa shape index (κ2) is 7.74. The van der Waals surface area contributed by atoms with Crippen LogP contribution in [0.1, 0.15) is 12.5 Å². The summed E-state index contributed by atoms with van der Waals surface area (Å²) in [7, 11) is 0. The van der Waals surface area contributed by atoms with Crippen molar-refractivity contribution in [2.75, 3.05) is 0 Å². The highest BCUT2D eigenvalue weighted by atomic mass is 35.5. The van der Waals surface area contributed by atoms with Crippen LogP contribution >= 0.6 is 46.6 Å². The maximum absolute atomic E-state index is 6.21. The van der Waals surface area contributed by atoms with Gasteiger partial charge < -0.3 is 0 Å². The molecule has 1 atom stereocenters. The molecule has 5 rings (SSSR count). The lowest BCUT2D eigenvalue weighted by Gasteiger charge is -2.20. The van der Waals surface area contributed by atoms with Gasteiger partial charge in [-0.3, -0.25) is 5.10 Å². The van der Waals surface area contributed by atoms with Crippen molar-refractivity contribution < 1.29 is 0 Å². The number of fused-ring (bicyclic) bond motifs is 1. The predicted molar refractivity (Wildman–Crippen MR) is 122 cm³/mol. The first-order valence-electron chi connectivity index (χ1n) is 8.97. The summed E-state index contributed by atoms with van der Waals surface area (Å²) in [5.41, 5.74) is 4.21. The molecule has 1 aliphatic heterocycles. The lowest BCUT2D eigenvalue weighted by molar-refractivity contribution is 0.752. The van der Waals surface area contributed by atoms with Crippen molar-refractivity contribution >= 4 is 52.3 Å². The van der Waals surface area contributed by atoms with E-state index in [0.29, 0.717) is 31.7 Å². The molecule has 2 aromatic heterocycles. The van der Waals surface area contributed by atoms with Crippen LogP contribution in [0, 0.1) is 0 Å². The van der Waals surface area contributed by atoms with Crippen LogP contribution in [-0.2, 0) is 0 Å². The quantitative estimate of drug-likeness (QED) is 0.392. The third kappa shape index (κ3) is 3.52. The van der Waals surface area contributed by atoms with Crippen molar-refractivity contribution in [1.29, 1.82) is 0 Å². The van der Waals surface area contributed by atoms with Crippen LogP contribution in [0.2, 0.25) is 15.1 Å². The topological polar surface area (TPSA) is 71.8 Å². The van der Waals surface area contributed by atoms with Crippen molar-refractivity contribution in [2.45, 2.75) is 17.3 Å². The van der Waals surface area contributed by atoms with E-state index in [1.54, 1.807) is 22.5 Å². The molecule has 0 radical (unpaired) electrons. The lowest BCUT2D eigenvalue weighted by Crippen LogP contribution is -2.21. The maximum Gasteiger partial charge on any atom is 0.213 e. The van der Waals surface area contributed by atoms with Crippen LogP contribution in [-0.4, -0.2) is 36.0 Å². The molecule has 0 spiro atoms. The third-order valence-electron chi connectivity index (χ3n) is 4.66. The Labute approximate surface area is 191 Å². The molecular formula is C20H13Cl3N6S. The molecule has 3 heterocycles. The van der Waals surface area contributed by atoms with E-state index in [2.05, 4.69) is 27.3 Å². The van der Waals surface area contributed by atoms with Gasteiger partial charge in [0.05, 0.1) is 26.7 Å². The summed E-state index contributed by atoms with van der Waals surface area (Å²) in [4.78, 5) is 0. The zero-order chi connectivity index (χ0) is 20.8. The van der Waals surface area contributed by atoms with Gasteiger partial charge in [0.25, 0.3) is 0 Å². The first-order chi connectivity index (χ1) is 14.5. The summed E-state index contributed by atoms with van der Waals surface area (Å²) >= 11 is 19.8. The molecule has 0 bridgehead atoms. The number of benzene rings is 2. The Kier molecular flexibility index (Phi) is 5.06. The monoisotopic (exact) mass is 474 g/mol. The van der Waals surface area contributed by atoms with Gasteiger partial charge in [-0.2, -0.15) is 14.9 Å². The molecule has 0 amide bonds. The van der Waals surface area contributed by atoms with Crippen LogP contribution in [0.15, 0.2) is 58.8 Å². The summed E-state index contributed by atoms with van der Waals surface area (Å²) in [5, 5.41) is 23.3. The summed E-state index contributed by atoms with van der Waals surface area (Å²) < 4.78 is 1.72. The Morgan fingerprint density at radius 3 is 2.47 bits per heavy atom. The highest BCUT2D eigenvalue weighted by molar-refractivity contribution is 8.00. The smallest absolute Gasteiger partial charge is 0.213 e. The second-order valence-corrected chi connectivity index (χ2v) is 9.22. The van der Waals surface area contributed by atoms with Crippen molar-refractivity contribution in [3.63, 3.8) is 0 Å². The number of aromatic nitrogens is 5. The molecule has 0 aliphatic carbocycles. The van der Waals surface area contributed by atoms with Crippen molar-refractivity contribution in [2.24, 2.45) is 5.10 Å². The van der Waals surface area contributed by atoms with Crippen LogP contribution in [0.5, 0.6) is 0 Å². The summed E-state index contributed by atoms with van der Waals surface area (Å²) in [5.74, 6) is 0.578. The maximum atomic E-state index is 6.21. The molecule has 1 N–H and O–H groups in total. The fraction of sp³-hybridized carbons (Fsp3) is 0.100. The predicted octanol–water partition coefficient (Wildman–Crippen LogP) is 6.04. The first-order valence-corrected chi connectivity index (χ1v) is 11.0. The average molecular weight is 476 g/mol. The van der Waals surface area contributed by atoms with E-state index in [4.69, 9.17) is 39.9 Å². The highest BCUT2D eigenvalue weighted by Crippen LogP contribution is 2.34. The van der Waals surface area contributed by atoms with Gasteiger partial charge in [0, 0.05) is 16.1 Å². The van der Waals surface area contributed by atoms with Gasteiger partial charge in [0.2, 0.25) is 11.0 Å². The van der Waals surface area contributed by atoms with Gasteiger partial charge in [0.15, 0.2) is 0 Å². The molecule has 4 aromatic rings. The Morgan fingerprint density at radius 1 is 0.933 bits per heavy atom. The number of nitrogens with zero attached hydrogens (tertiary/aromatic N) is 5. The number of hydrogen-bond donors (Lipinski definition) is 1. The molecule has 0 saturated carbocycles. The standard InChI is InChI=1S/C20H13Cl3N6S/c1-10-18(12-4-7-14(22)15(23)8-12)28-29-19(26-27-20(29)30-10)17-9-16(24-25-17)11-2-5-13(21)6-3-11/h2-10H,1H3,(H,24,25). The van der Waals surface area contributed by atoms with Gasteiger partial charge in [-0.1, -0.05) is 64.8 Å². The Bertz CT molecular complexity index is 1280. The van der Waals surface area contributed by atoms with Crippen molar-refractivity contribution in [3.8, 4) is 22.8 Å². The fourth-order valence-corrected chi connectivity index (χ4v) is 4.50. The molecule has 2 aromatic carbocycles. The van der Waals surface area contributed by atoms with E-state index in [1.165, 1.54) is 0 Å². The van der Waals surface area contributed by atoms with E-state index in [-0.39, 0.29) is 5.25 Å². The van der Waals surface area contributed by atoms with E-state index >= 15 is 0 Å². The molecule has 1 aliphatic rings. The van der Waals surface area contributed by atoms with E-state index in [0.717, 1.165) is 22.5 Å². The van der Waals surface area contributed by atoms with Gasteiger partial charge >= 0.3 is 0 Å². The fourth-order valence-electron chi connectivity index (χ4n) is 3.15. The Balaban J connectivity index is 1.55. The molecular weight excluding hydrogens is 463 g/mol. The van der Waals surface area contributed by atoms with Gasteiger partial charge in [0.1, 0.15) is 5.69 Å². The zero-order valence-electron chi connectivity index (χ0n) is 15.5. The number of aromatic amines is 1. The number of H-pyrrole nitrogens is 1. The minimum absolute atomic E-state index is 0.0817. The highest BCUT2D eigenvalue weighted by Gasteiger charge is 2.27. The largest absolute Gasteiger partial charge is 0.274 e. The molecule has 6 nitrogen and oxygen atoms in total. The Morgan fingerprint density at radius 2 is 1.70 bits per heavy atom. The zero-order valence-corrected chi connectivity index (χ0v) is 18.6. The first kappa shape index (κ1) is 19.6. The molecule has 0 fully saturated rings. The summed E-state index contributed by atoms with van der Waals surface area (Å²) in [6, 6.07) is 14.9.